The third-order valence-corrected chi connectivity index (χ3v) is 2.61. The molecule has 0 amide bonds. The average Bonchev–Trinajstić information content (AvgIpc) is 2.14. The first-order chi connectivity index (χ1) is 6.76. The summed E-state index contributed by atoms with van der Waals surface area (Å²) in [7, 11) is 1.62. The van der Waals surface area contributed by atoms with E-state index in [1.54, 1.807) is 24.9 Å². The lowest BCUT2D eigenvalue weighted by atomic mass is 10.5. The Morgan fingerprint density at radius 1 is 1.50 bits per heavy atom. The van der Waals surface area contributed by atoms with Crippen molar-refractivity contribution in [1.29, 1.82) is 0 Å². The van der Waals surface area contributed by atoms with Crippen molar-refractivity contribution in [3.8, 4) is 0 Å². The minimum atomic E-state index is 0.407. The van der Waals surface area contributed by atoms with E-state index < -0.39 is 0 Å². The highest BCUT2D eigenvalue weighted by molar-refractivity contribution is 7.99. The predicted octanol–water partition coefficient (Wildman–Crippen LogP) is 1.71. The zero-order valence-corrected chi connectivity index (χ0v) is 9.30. The Morgan fingerprint density at radius 3 is 2.93 bits per heavy atom. The Hall–Kier alpha value is -0.810. The van der Waals surface area contributed by atoms with Gasteiger partial charge in [0.1, 0.15) is 17.5 Å². The molecule has 2 N–H and O–H groups in total. The first-order valence-corrected chi connectivity index (χ1v) is 5.50. The number of methoxy groups -OCH3 is 1. The standard InChI is InChI=1S/C9H15N3OS/c1-3-4-14-9-5-7(10)11-8(12-9)6-13-2/h5H,3-4,6H2,1-2H3,(H2,10,11,12). The number of nitrogens with zero attached hydrogens (tertiary/aromatic N) is 2. The summed E-state index contributed by atoms with van der Waals surface area (Å²) in [5, 5.41) is 0.923. The van der Waals surface area contributed by atoms with E-state index in [1.807, 2.05) is 0 Å². The summed E-state index contributed by atoms with van der Waals surface area (Å²) in [5.74, 6) is 2.19. The lowest BCUT2D eigenvalue weighted by molar-refractivity contribution is 0.177. The second kappa shape index (κ2) is 5.82. The number of ether oxygens (including phenoxy) is 1. The average molecular weight is 213 g/mol. The summed E-state index contributed by atoms with van der Waals surface area (Å²) in [6.45, 7) is 2.54. The summed E-state index contributed by atoms with van der Waals surface area (Å²) in [6.07, 6.45) is 1.12. The second-order valence-corrected chi connectivity index (χ2v) is 3.94. The summed E-state index contributed by atoms with van der Waals surface area (Å²) in [4.78, 5) is 8.37. The Bertz CT molecular complexity index is 293. The van der Waals surface area contributed by atoms with Crippen LogP contribution in [0.3, 0.4) is 0 Å². The van der Waals surface area contributed by atoms with Gasteiger partial charge in [-0.15, -0.1) is 11.8 Å². The number of hydrogen-bond donors (Lipinski definition) is 1. The summed E-state index contributed by atoms with van der Waals surface area (Å²) >= 11 is 1.69. The molecule has 1 rings (SSSR count). The van der Waals surface area contributed by atoms with E-state index in [1.165, 1.54) is 0 Å². The smallest absolute Gasteiger partial charge is 0.157 e. The normalized spacial score (nSPS) is 10.4. The molecule has 0 aliphatic rings. The van der Waals surface area contributed by atoms with Crippen molar-refractivity contribution < 1.29 is 4.74 Å². The number of nitrogens with two attached hydrogens (primary N) is 1. The van der Waals surface area contributed by atoms with E-state index in [4.69, 9.17) is 10.5 Å². The van der Waals surface area contributed by atoms with Crippen LogP contribution in [-0.2, 0) is 11.3 Å². The fraction of sp³-hybridized carbons (Fsp3) is 0.556. The van der Waals surface area contributed by atoms with Crippen LogP contribution in [0, 0.1) is 0 Å². The maximum atomic E-state index is 5.64. The Balaban J connectivity index is 2.73. The number of hydrogen-bond acceptors (Lipinski definition) is 5. The van der Waals surface area contributed by atoms with Gasteiger partial charge in [-0.1, -0.05) is 6.92 Å². The van der Waals surface area contributed by atoms with Gasteiger partial charge in [0.05, 0.1) is 0 Å². The van der Waals surface area contributed by atoms with Crippen molar-refractivity contribution in [2.75, 3.05) is 18.6 Å². The summed E-state index contributed by atoms with van der Waals surface area (Å²) in [5.41, 5.74) is 5.64. The van der Waals surface area contributed by atoms with Gasteiger partial charge in [-0.05, 0) is 12.2 Å². The molecule has 0 unspecified atom stereocenters. The number of aromatic nitrogens is 2. The van der Waals surface area contributed by atoms with E-state index in [0.717, 1.165) is 17.2 Å². The molecule has 0 aromatic carbocycles. The van der Waals surface area contributed by atoms with E-state index in [-0.39, 0.29) is 0 Å². The quantitative estimate of drug-likeness (QED) is 0.596. The Morgan fingerprint density at radius 2 is 2.29 bits per heavy atom. The van der Waals surface area contributed by atoms with Crippen molar-refractivity contribution >= 4 is 17.6 Å². The molecule has 0 fully saturated rings. The predicted molar refractivity (Wildman–Crippen MR) is 58.2 cm³/mol. The van der Waals surface area contributed by atoms with Gasteiger partial charge in [-0.3, -0.25) is 0 Å². The highest BCUT2D eigenvalue weighted by Crippen LogP contribution is 2.18. The number of rotatable bonds is 5. The van der Waals surface area contributed by atoms with Crippen LogP contribution in [0.2, 0.25) is 0 Å². The molecule has 0 aliphatic carbocycles. The van der Waals surface area contributed by atoms with Crippen molar-refractivity contribution in [2.24, 2.45) is 0 Å². The maximum Gasteiger partial charge on any atom is 0.157 e. The minimum Gasteiger partial charge on any atom is -0.384 e. The highest BCUT2D eigenvalue weighted by Gasteiger charge is 2.02. The maximum absolute atomic E-state index is 5.64. The van der Waals surface area contributed by atoms with Gasteiger partial charge in [0.15, 0.2) is 5.82 Å². The van der Waals surface area contributed by atoms with Crippen LogP contribution >= 0.6 is 11.8 Å². The zero-order chi connectivity index (χ0) is 10.4. The first-order valence-electron chi connectivity index (χ1n) is 4.51. The van der Waals surface area contributed by atoms with E-state index in [2.05, 4.69) is 16.9 Å². The lowest BCUT2D eigenvalue weighted by Gasteiger charge is -2.03. The molecular weight excluding hydrogens is 198 g/mol. The van der Waals surface area contributed by atoms with Gasteiger partial charge in [0.2, 0.25) is 0 Å². The monoisotopic (exact) mass is 213 g/mol. The van der Waals surface area contributed by atoms with E-state index >= 15 is 0 Å². The van der Waals surface area contributed by atoms with Gasteiger partial charge >= 0.3 is 0 Å². The van der Waals surface area contributed by atoms with Crippen LogP contribution in [-0.4, -0.2) is 22.8 Å². The van der Waals surface area contributed by atoms with Crippen molar-refractivity contribution in [2.45, 2.75) is 25.0 Å². The molecular formula is C9H15N3OS. The number of anilines is 1. The topological polar surface area (TPSA) is 61.0 Å². The molecule has 1 aromatic heterocycles. The molecule has 0 atom stereocenters. The minimum absolute atomic E-state index is 0.407. The molecule has 14 heavy (non-hydrogen) atoms. The molecule has 0 saturated carbocycles. The second-order valence-electron chi connectivity index (χ2n) is 2.83. The van der Waals surface area contributed by atoms with Crippen LogP contribution in [0.1, 0.15) is 19.2 Å². The lowest BCUT2D eigenvalue weighted by Crippen LogP contribution is -2.01. The molecule has 1 heterocycles. The van der Waals surface area contributed by atoms with Crippen molar-refractivity contribution in [1.82, 2.24) is 9.97 Å². The Labute approximate surface area is 88.3 Å². The molecule has 0 spiro atoms. The van der Waals surface area contributed by atoms with Gasteiger partial charge in [0, 0.05) is 13.2 Å². The summed E-state index contributed by atoms with van der Waals surface area (Å²) in [6, 6.07) is 1.79. The van der Waals surface area contributed by atoms with Crippen LogP contribution in [0.5, 0.6) is 0 Å². The van der Waals surface area contributed by atoms with Gasteiger partial charge in [-0.25, -0.2) is 9.97 Å². The zero-order valence-electron chi connectivity index (χ0n) is 8.49. The molecule has 0 bridgehead atoms. The molecule has 0 radical (unpaired) electrons. The van der Waals surface area contributed by atoms with Gasteiger partial charge in [-0.2, -0.15) is 0 Å². The molecule has 0 saturated heterocycles. The van der Waals surface area contributed by atoms with Crippen molar-refractivity contribution in [3.63, 3.8) is 0 Å². The first kappa shape index (κ1) is 11.3. The third-order valence-electron chi connectivity index (χ3n) is 1.50. The van der Waals surface area contributed by atoms with Crippen LogP contribution < -0.4 is 5.73 Å². The Kier molecular flexibility index (Phi) is 4.69. The van der Waals surface area contributed by atoms with Gasteiger partial charge in [0.25, 0.3) is 0 Å². The van der Waals surface area contributed by atoms with E-state index in [9.17, 15) is 0 Å². The molecule has 78 valence electrons. The van der Waals surface area contributed by atoms with E-state index in [0.29, 0.717) is 18.2 Å². The third kappa shape index (κ3) is 3.51. The fourth-order valence-electron chi connectivity index (χ4n) is 0.967. The molecule has 4 nitrogen and oxygen atoms in total. The molecule has 5 heteroatoms. The largest absolute Gasteiger partial charge is 0.384 e. The van der Waals surface area contributed by atoms with Gasteiger partial charge < -0.3 is 10.5 Å². The fourth-order valence-corrected chi connectivity index (χ4v) is 1.75. The highest BCUT2D eigenvalue weighted by atomic mass is 32.2. The van der Waals surface area contributed by atoms with Crippen LogP contribution in [0.15, 0.2) is 11.1 Å². The summed E-state index contributed by atoms with van der Waals surface area (Å²) < 4.78 is 4.95. The van der Waals surface area contributed by atoms with Crippen LogP contribution in [0.4, 0.5) is 5.82 Å². The molecule has 1 aromatic rings. The molecule has 0 aliphatic heterocycles. The van der Waals surface area contributed by atoms with Crippen LogP contribution in [0.25, 0.3) is 0 Å². The number of thioether (sulfide) groups is 1. The number of nitrogen functional groups attached to an aromatic ring is 1. The van der Waals surface area contributed by atoms with Crippen molar-refractivity contribution in [3.05, 3.63) is 11.9 Å². The SMILES string of the molecule is CCCSc1cc(N)nc(COC)n1.